The number of rotatable bonds is 7. The number of carbonyl (C=O) groups is 1. The lowest BCUT2D eigenvalue weighted by molar-refractivity contribution is -0.118. The van der Waals surface area contributed by atoms with Gasteiger partial charge in [0.1, 0.15) is 5.78 Å². The van der Waals surface area contributed by atoms with Crippen LogP contribution in [0.1, 0.15) is 49.3 Å². The van der Waals surface area contributed by atoms with E-state index in [-0.39, 0.29) is 0 Å². The van der Waals surface area contributed by atoms with E-state index >= 15 is 0 Å². The Morgan fingerprint density at radius 3 is 2.84 bits per heavy atom. The molecule has 0 aliphatic heterocycles. The number of ketones is 1. The molecule has 2 N–H and O–H groups in total. The normalized spacial score (nSPS) is 15.3. The second kappa shape index (κ2) is 6.85. The van der Waals surface area contributed by atoms with E-state index < -0.39 is 0 Å². The lowest BCUT2D eigenvalue weighted by atomic mass is 9.96. The molecule has 0 fully saturated rings. The van der Waals surface area contributed by atoms with Crippen molar-refractivity contribution in [3.8, 4) is 0 Å². The molecular weight excluding hydrogens is 234 g/mol. The van der Waals surface area contributed by atoms with Crippen molar-refractivity contribution < 1.29 is 4.79 Å². The topological polar surface area (TPSA) is 43.1 Å². The zero-order chi connectivity index (χ0) is 13.7. The smallest absolute Gasteiger partial charge is 0.137 e. The van der Waals surface area contributed by atoms with Gasteiger partial charge in [0.2, 0.25) is 0 Å². The van der Waals surface area contributed by atoms with E-state index in [1.165, 1.54) is 36.0 Å². The number of aryl methyl sites for hydroxylation is 2. The minimum atomic E-state index is 0.363. The summed E-state index contributed by atoms with van der Waals surface area (Å²) in [5.41, 5.74) is 9.66. The van der Waals surface area contributed by atoms with Crippen molar-refractivity contribution in [3.05, 3.63) is 34.9 Å². The first-order valence-corrected chi connectivity index (χ1v) is 7.51. The molecule has 1 aliphatic carbocycles. The predicted octanol–water partition coefficient (Wildman–Crippen LogP) is 3.05. The Morgan fingerprint density at radius 1 is 1.26 bits per heavy atom. The number of benzene rings is 1. The largest absolute Gasteiger partial charge is 0.330 e. The van der Waals surface area contributed by atoms with Crippen LogP contribution in [0.15, 0.2) is 18.2 Å². The van der Waals surface area contributed by atoms with Gasteiger partial charge in [-0.05, 0) is 61.3 Å². The number of Topliss-reactive ketones (excluding diaryl/α,β-unsaturated/α-hetero) is 1. The minimum Gasteiger partial charge on any atom is -0.330 e. The molecule has 1 aromatic carbocycles. The van der Waals surface area contributed by atoms with Crippen molar-refractivity contribution >= 4 is 5.78 Å². The first-order valence-electron chi connectivity index (χ1n) is 7.51. The van der Waals surface area contributed by atoms with Crippen molar-refractivity contribution in [1.82, 2.24) is 0 Å². The summed E-state index contributed by atoms with van der Waals surface area (Å²) in [6, 6.07) is 6.58. The highest BCUT2D eigenvalue weighted by atomic mass is 16.1. The van der Waals surface area contributed by atoms with Crippen molar-refractivity contribution in [2.45, 2.75) is 51.9 Å². The first-order chi connectivity index (χ1) is 9.19. The van der Waals surface area contributed by atoms with Crippen LogP contribution < -0.4 is 5.73 Å². The fraction of sp³-hybridized carbons (Fsp3) is 0.588. The number of hydrogen-bond acceptors (Lipinski definition) is 2. The molecular formula is C17H25NO. The molecule has 0 saturated heterocycles. The molecule has 0 saturated carbocycles. The maximum absolute atomic E-state index is 12.0. The Labute approximate surface area is 116 Å². The molecule has 0 bridgehead atoms. The lowest BCUT2D eigenvalue weighted by Gasteiger charge is -2.09. The van der Waals surface area contributed by atoms with Gasteiger partial charge in [0.05, 0.1) is 0 Å². The zero-order valence-electron chi connectivity index (χ0n) is 12.0. The van der Waals surface area contributed by atoms with Gasteiger partial charge in [-0.3, -0.25) is 4.79 Å². The highest BCUT2D eigenvalue weighted by Gasteiger charge is 2.12. The Balaban J connectivity index is 1.82. The van der Waals surface area contributed by atoms with Gasteiger partial charge in [0.15, 0.2) is 0 Å². The van der Waals surface area contributed by atoms with E-state index in [9.17, 15) is 4.79 Å². The highest BCUT2D eigenvalue weighted by molar-refractivity contribution is 5.80. The molecule has 1 aliphatic rings. The quantitative estimate of drug-likeness (QED) is 0.818. The summed E-state index contributed by atoms with van der Waals surface area (Å²) < 4.78 is 0. The molecule has 1 atom stereocenters. The summed E-state index contributed by atoms with van der Waals surface area (Å²) in [5.74, 6) is 0.927. The first kappa shape index (κ1) is 14.3. The van der Waals surface area contributed by atoms with E-state index in [0.29, 0.717) is 24.5 Å². The van der Waals surface area contributed by atoms with Crippen LogP contribution in [0.3, 0.4) is 0 Å². The summed E-state index contributed by atoms with van der Waals surface area (Å²) in [4.78, 5) is 12.0. The van der Waals surface area contributed by atoms with Gasteiger partial charge in [-0.1, -0.05) is 25.1 Å². The van der Waals surface area contributed by atoms with Crippen LogP contribution in [0, 0.1) is 5.92 Å². The van der Waals surface area contributed by atoms with Crippen LogP contribution in [-0.4, -0.2) is 12.3 Å². The lowest BCUT2D eigenvalue weighted by Crippen LogP contribution is -2.09. The highest BCUT2D eigenvalue weighted by Crippen LogP contribution is 2.23. The van der Waals surface area contributed by atoms with Gasteiger partial charge in [0.25, 0.3) is 0 Å². The molecule has 0 radical (unpaired) electrons. The van der Waals surface area contributed by atoms with Gasteiger partial charge in [-0.25, -0.2) is 0 Å². The standard InChI is InChI=1S/C17H25NO/c1-13(9-10-18)5-8-17(19)12-14-6-7-15-3-2-4-16(15)11-14/h6-7,11,13H,2-5,8-10,12,18H2,1H3. The average molecular weight is 259 g/mol. The number of carbonyl (C=O) groups excluding carboxylic acids is 1. The van der Waals surface area contributed by atoms with Crippen LogP contribution in [0.4, 0.5) is 0 Å². The Morgan fingerprint density at radius 2 is 2.05 bits per heavy atom. The van der Waals surface area contributed by atoms with Gasteiger partial charge in [0, 0.05) is 12.8 Å². The Hall–Kier alpha value is -1.15. The van der Waals surface area contributed by atoms with Gasteiger partial charge in [-0.2, -0.15) is 0 Å². The maximum Gasteiger partial charge on any atom is 0.137 e. The molecule has 0 spiro atoms. The van der Waals surface area contributed by atoms with E-state index in [1.54, 1.807) is 0 Å². The SMILES string of the molecule is CC(CCN)CCC(=O)Cc1ccc2c(c1)CCC2. The van der Waals surface area contributed by atoms with Crippen molar-refractivity contribution in [2.75, 3.05) is 6.54 Å². The summed E-state index contributed by atoms with van der Waals surface area (Å²) in [6.45, 7) is 2.90. The van der Waals surface area contributed by atoms with E-state index in [2.05, 4.69) is 25.1 Å². The van der Waals surface area contributed by atoms with Crippen LogP contribution in [-0.2, 0) is 24.1 Å². The van der Waals surface area contributed by atoms with Gasteiger partial charge in [-0.15, -0.1) is 0 Å². The number of hydrogen-bond donors (Lipinski definition) is 1. The fourth-order valence-electron chi connectivity index (χ4n) is 2.89. The molecule has 0 amide bonds. The van der Waals surface area contributed by atoms with Gasteiger partial charge >= 0.3 is 0 Å². The van der Waals surface area contributed by atoms with Gasteiger partial charge < -0.3 is 5.73 Å². The molecule has 0 heterocycles. The molecule has 2 heteroatoms. The molecule has 104 valence electrons. The average Bonchev–Trinajstić information content (AvgIpc) is 2.84. The van der Waals surface area contributed by atoms with E-state index in [0.717, 1.165) is 19.4 Å². The maximum atomic E-state index is 12.0. The number of nitrogens with two attached hydrogens (primary N) is 1. The van der Waals surface area contributed by atoms with Crippen LogP contribution in [0.2, 0.25) is 0 Å². The van der Waals surface area contributed by atoms with Crippen LogP contribution >= 0.6 is 0 Å². The third kappa shape index (κ3) is 4.17. The third-order valence-electron chi connectivity index (χ3n) is 4.14. The summed E-state index contributed by atoms with van der Waals surface area (Å²) in [6.07, 6.45) is 6.95. The zero-order valence-corrected chi connectivity index (χ0v) is 12.0. The monoisotopic (exact) mass is 259 g/mol. The van der Waals surface area contributed by atoms with Crippen LogP contribution in [0.25, 0.3) is 0 Å². The van der Waals surface area contributed by atoms with E-state index in [1.807, 2.05) is 0 Å². The predicted molar refractivity (Wildman–Crippen MR) is 79.2 cm³/mol. The molecule has 1 unspecified atom stereocenters. The molecule has 2 nitrogen and oxygen atoms in total. The second-order valence-corrected chi connectivity index (χ2v) is 5.89. The Kier molecular flexibility index (Phi) is 5.15. The summed E-state index contributed by atoms with van der Waals surface area (Å²) >= 11 is 0. The molecule has 2 rings (SSSR count). The molecule has 0 aromatic heterocycles. The minimum absolute atomic E-state index is 0.363. The third-order valence-corrected chi connectivity index (χ3v) is 4.14. The van der Waals surface area contributed by atoms with Crippen molar-refractivity contribution in [1.29, 1.82) is 0 Å². The fourth-order valence-corrected chi connectivity index (χ4v) is 2.89. The Bertz CT molecular complexity index is 439. The van der Waals surface area contributed by atoms with Crippen LogP contribution in [0.5, 0.6) is 0 Å². The van der Waals surface area contributed by atoms with E-state index in [4.69, 9.17) is 5.73 Å². The second-order valence-electron chi connectivity index (χ2n) is 5.89. The summed E-state index contributed by atoms with van der Waals surface area (Å²) in [5, 5.41) is 0. The summed E-state index contributed by atoms with van der Waals surface area (Å²) in [7, 11) is 0. The van der Waals surface area contributed by atoms with Crippen molar-refractivity contribution in [2.24, 2.45) is 11.7 Å². The molecule has 19 heavy (non-hydrogen) atoms. The number of fused-ring (bicyclic) bond motifs is 1. The molecule has 1 aromatic rings. The van der Waals surface area contributed by atoms with Crippen molar-refractivity contribution in [3.63, 3.8) is 0 Å².